The van der Waals surface area contributed by atoms with Gasteiger partial charge in [-0.05, 0) is 6.54 Å². The quantitative estimate of drug-likeness (QED) is 0.725. The van der Waals surface area contributed by atoms with Gasteiger partial charge in [-0.15, -0.1) is 0 Å². The average molecular weight is 229 g/mol. The first kappa shape index (κ1) is 12.8. The number of aliphatic carboxylic acids is 1. The van der Waals surface area contributed by atoms with Gasteiger partial charge in [-0.1, -0.05) is 6.92 Å². The van der Waals surface area contributed by atoms with Crippen molar-refractivity contribution < 1.29 is 14.7 Å². The van der Waals surface area contributed by atoms with E-state index in [1.165, 1.54) is 11.9 Å². The lowest BCUT2D eigenvalue weighted by Gasteiger charge is -2.35. The second kappa shape index (κ2) is 5.69. The Hall–Kier alpha value is -1.30. The number of hydrogen-bond acceptors (Lipinski definition) is 3. The predicted molar refractivity (Wildman–Crippen MR) is 59.3 cm³/mol. The maximum Gasteiger partial charge on any atom is 0.323 e. The largest absolute Gasteiger partial charge is 0.480 e. The summed E-state index contributed by atoms with van der Waals surface area (Å²) in [7, 11) is 1.52. The average Bonchev–Trinajstić information content (AvgIpc) is 2.27. The van der Waals surface area contributed by atoms with Gasteiger partial charge in [0.25, 0.3) is 0 Å². The monoisotopic (exact) mass is 229 g/mol. The van der Waals surface area contributed by atoms with Crippen molar-refractivity contribution in [1.82, 2.24) is 14.7 Å². The number of likely N-dealkylation sites (N-methyl/N-ethyl adjacent to an activating group) is 2. The first-order chi connectivity index (χ1) is 7.54. The predicted octanol–water partition coefficient (Wildman–Crippen LogP) is -0.240. The van der Waals surface area contributed by atoms with E-state index < -0.39 is 5.97 Å². The second-order valence-corrected chi connectivity index (χ2v) is 3.95. The van der Waals surface area contributed by atoms with E-state index in [0.717, 1.165) is 19.6 Å². The van der Waals surface area contributed by atoms with Crippen molar-refractivity contribution in [2.45, 2.75) is 6.92 Å². The van der Waals surface area contributed by atoms with Gasteiger partial charge in [0, 0.05) is 33.2 Å². The molecule has 0 aromatic heterocycles. The van der Waals surface area contributed by atoms with Crippen LogP contribution in [0.3, 0.4) is 0 Å². The molecular formula is C10H19N3O3. The molecule has 1 rings (SSSR count). The van der Waals surface area contributed by atoms with Gasteiger partial charge in [-0.25, -0.2) is 4.79 Å². The molecule has 0 spiro atoms. The number of amides is 2. The summed E-state index contributed by atoms with van der Waals surface area (Å²) in [5, 5.41) is 8.59. The van der Waals surface area contributed by atoms with Crippen LogP contribution in [0.15, 0.2) is 0 Å². The Bertz CT molecular complexity index is 262. The molecule has 0 unspecified atom stereocenters. The minimum absolute atomic E-state index is 0.196. The highest BCUT2D eigenvalue weighted by atomic mass is 16.4. The molecule has 0 atom stereocenters. The van der Waals surface area contributed by atoms with E-state index in [1.54, 1.807) is 4.90 Å². The van der Waals surface area contributed by atoms with Crippen molar-refractivity contribution in [2.75, 3.05) is 46.3 Å². The summed E-state index contributed by atoms with van der Waals surface area (Å²) in [6.45, 7) is 5.92. The van der Waals surface area contributed by atoms with Gasteiger partial charge >= 0.3 is 12.0 Å². The van der Waals surface area contributed by atoms with Crippen molar-refractivity contribution in [2.24, 2.45) is 0 Å². The van der Waals surface area contributed by atoms with Crippen LogP contribution in [0.1, 0.15) is 6.92 Å². The lowest BCUT2D eigenvalue weighted by Crippen LogP contribution is -2.52. The van der Waals surface area contributed by atoms with Gasteiger partial charge in [0.15, 0.2) is 0 Å². The summed E-state index contributed by atoms with van der Waals surface area (Å²) < 4.78 is 0. The van der Waals surface area contributed by atoms with E-state index in [0.29, 0.717) is 13.1 Å². The molecule has 1 heterocycles. The number of carboxylic acid groups (broad SMARTS) is 1. The zero-order chi connectivity index (χ0) is 12.1. The Kier molecular flexibility index (Phi) is 4.54. The van der Waals surface area contributed by atoms with Gasteiger partial charge in [-0.2, -0.15) is 0 Å². The second-order valence-electron chi connectivity index (χ2n) is 3.95. The first-order valence-corrected chi connectivity index (χ1v) is 5.48. The maximum absolute atomic E-state index is 11.8. The molecule has 16 heavy (non-hydrogen) atoms. The van der Waals surface area contributed by atoms with E-state index in [2.05, 4.69) is 11.8 Å². The molecule has 0 bridgehead atoms. The van der Waals surface area contributed by atoms with Gasteiger partial charge in [0.2, 0.25) is 0 Å². The molecule has 0 saturated carbocycles. The SMILES string of the molecule is CCN1CCN(C(=O)N(C)CC(=O)O)CC1. The Balaban J connectivity index is 2.40. The molecule has 0 aromatic rings. The van der Waals surface area contributed by atoms with E-state index in [4.69, 9.17) is 5.11 Å². The van der Waals surface area contributed by atoms with Crippen LogP contribution in [0.2, 0.25) is 0 Å². The van der Waals surface area contributed by atoms with Gasteiger partial charge < -0.3 is 19.8 Å². The summed E-state index contributed by atoms with van der Waals surface area (Å²) in [5.41, 5.74) is 0. The van der Waals surface area contributed by atoms with E-state index in [9.17, 15) is 9.59 Å². The lowest BCUT2D eigenvalue weighted by atomic mass is 10.3. The number of piperazine rings is 1. The third-order valence-electron chi connectivity index (χ3n) is 2.79. The van der Waals surface area contributed by atoms with Crippen molar-refractivity contribution >= 4 is 12.0 Å². The van der Waals surface area contributed by atoms with E-state index in [-0.39, 0.29) is 12.6 Å². The van der Waals surface area contributed by atoms with Crippen LogP contribution in [0.25, 0.3) is 0 Å². The van der Waals surface area contributed by atoms with Crippen molar-refractivity contribution in [3.63, 3.8) is 0 Å². The van der Waals surface area contributed by atoms with Crippen molar-refractivity contribution in [3.05, 3.63) is 0 Å². The normalized spacial score (nSPS) is 17.2. The smallest absolute Gasteiger partial charge is 0.323 e. The molecule has 1 aliphatic heterocycles. The number of nitrogens with zero attached hydrogens (tertiary/aromatic N) is 3. The maximum atomic E-state index is 11.8. The van der Waals surface area contributed by atoms with Gasteiger partial charge in [0.05, 0.1) is 0 Å². The first-order valence-electron chi connectivity index (χ1n) is 5.48. The molecule has 6 nitrogen and oxygen atoms in total. The number of urea groups is 1. The topological polar surface area (TPSA) is 64.1 Å². The molecule has 92 valence electrons. The Morgan fingerprint density at radius 2 is 1.81 bits per heavy atom. The standard InChI is InChI=1S/C10H19N3O3/c1-3-12-4-6-13(7-5-12)10(16)11(2)8-9(14)15/h3-8H2,1-2H3,(H,14,15). The minimum atomic E-state index is -0.983. The fraction of sp³-hybridized carbons (Fsp3) is 0.800. The molecule has 6 heteroatoms. The molecule has 1 aliphatic rings. The van der Waals surface area contributed by atoms with Crippen LogP contribution in [0.5, 0.6) is 0 Å². The Morgan fingerprint density at radius 3 is 2.25 bits per heavy atom. The highest BCUT2D eigenvalue weighted by Crippen LogP contribution is 2.04. The fourth-order valence-corrected chi connectivity index (χ4v) is 1.77. The molecular weight excluding hydrogens is 210 g/mol. The fourth-order valence-electron chi connectivity index (χ4n) is 1.77. The third-order valence-corrected chi connectivity index (χ3v) is 2.79. The zero-order valence-corrected chi connectivity index (χ0v) is 9.85. The summed E-state index contributed by atoms with van der Waals surface area (Å²) in [4.78, 5) is 27.5. The lowest BCUT2D eigenvalue weighted by molar-refractivity contribution is -0.137. The molecule has 0 radical (unpaired) electrons. The molecule has 1 N–H and O–H groups in total. The third kappa shape index (κ3) is 3.37. The summed E-state index contributed by atoms with van der Waals surface area (Å²) in [6, 6.07) is -0.196. The van der Waals surface area contributed by atoms with Crippen LogP contribution < -0.4 is 0 Å². The molecule has 2 amide bonds. The Morgan fingerprint density at radius 1 is 1.25 bits per heavy atom. The number of carbonyl (C=O) groups excluding carboxylic acids is 1. The van der Waals surface area contributed by atoms with Crippen LogP contribution in [0.4, 0.5) is 4.79 Å². The van der Waals surface area contributed by atoms with Crippen LogP contribution in [-0.4, -0.2) is 78.1 Å². The number of carboxylic acids is 1. The highest BCUT2D eigenvalue weighted by Gasteiger charge is 2.23. The van der Waals surface area contributed by atoms with Gasteiger partial charge in [-0.3, -0.25) is 4.79 Å². The van der Waals surface area contributed by atoms with Crippen molar-refractivity contribution in [1.29, 1.82) is 0 Å². The Labute approximate surface area is 95.4 Å². The number of rotatable bonds is 3. The number of hydrogen-bond donors (Lipinski definition) is 1. The molecule has 1 saturated heterocycles. The van der Waals surface area contributed by atoms with E-state index in [1.807, 2.05) is 0 Å². The van der Waals surface area contributed by atoms with E-state index >= 15 is 0 Å². The molecule has 0 aromatic carbocycles. The highest BCUT2D eigenvalue weighted by molar-refractivity contribution is 5.80. The minimum Gasteiger partial charge on any atom is -0.480 e. The summed E-state index contributed by atoms with van der Waals surface area (Å²) in [6.07, 6.45) is 0. The summed E-state index contributed by atoms with van der Waals surface area (Å²) >= 11 is 0. The molecule has 0 aliphatic carbocycles. The number of carbonyl (C=O) groups is 2. The van der Waals surface area contributed by atoms with Gasteiger partial charge in [0.1, 0.15) is 6.54 Å². The van der Waals surface area contributed by atoms with Crippen LogP contribution in [-0.2, 0) is 4.79 Å². The van der Waals surface area contributed by atoms with Crippen LogP contribution in [0, 0.1) is 0 Å². The van der Waals surface area contributed by atoms with Crippen molar-refractivity contribution in [3.8, 4) is 0 Å². The van der Waals surface area contributed by atoms with Crippen LogP contribution >= 0.6 is 0 Å². The zero-order valence-electron chi connectivity index (χ0n) is 9.85. The summed E-state index contributed by atoms with van der Waals surface area (Å²) in [5.74, 6) is -0.983. The molecule has 1 fully saturated rings.